The summed E-state index contributed by atoms with van der Waals surface area (Å²) >= 11 is 0. The molecule has 2 aliphatic rings. The lowest BCUT2D eigenvalue weighted by molar-refractivity contribution is 0.0211. The lowest BCUT2D eigenvalue weighted by Crippen LogP contribution is -2.21. The zero-order valence-electron chi connectivity index (χ0n) is 17.0. The zero-order chi connectivity index (χ0) is 17.7. The summed E-state index contributed by atoms with van der Waals surface area (Å²) in [4.78, 5) is 0. The van der Waals surface area contributed by atoms with Crippen molar-refractivity contribution in [1.82, 2.24) is 0 Å². The fourth-order valence-electron chi connectivity index (χ4n) is 4.49. The van der Waals surface area contributed by atoms with E-state index in [0.717, 1.165) is 12.5 Å². The normalized spacial score (nSPS) is 29.8. The molecule has 144 valence electrons. The van der Waals surface area contributed by atoms with Gasteiger partial charge in [0.15, 0.2) is 0 Å². The Morgan fingerprint density at radius 1 is 0.680 bits per heavy atom. The van der Waals surface area contributed by atoms with Crippen molar-refractivity contribution in [3.63, 3.8) is 0 Å². The minimum absolute atomic E-state index is 0.522. The van der Waals surface area contributed by atoms with Crippen molar-refractivity contribution in [3.05, 3.63) is 0 Å². The number of hydrogen-bond donors (Lipinski definition) is 0. The van der Waals surface area contributed by atoms with Crippen molar-refractivity contribution in [2.75, 3.05) is 6.61 Å². The summed E-state index contributed by atoms with van der Waals surface area (Å²) in [6.07, 6.45) is 20.6. The first kappa shape index (κ1) is 20.8. The Morgan fingerprint density at radius 2 is 1.24 bits per heavy atom. The largest absolute Gasteiger partial charge is 0.378 e. The fourth-order valence-corrected chi connectivity index (χ4v) is 4.49. The molecule has 0 aromatic rings. The lowest BCUT2D eigenvalue weighted by atomic mass is 9.79. The Bertz CT molecular complexity index is 375. The first-order valence-corrected chi connectivity index (χ1v) is 11.4. The van der Waals surface area contributed by atoms with Crippen molar-refractivity contribution in [2.24, 2.45) is 17.8 Å². The van der Waals surface area contributed by atoms with Crippen LogP contribution >= 0.6 is 0 Å². The van der Waals surface area contributed by atoms with Crippen LogP contribution < -0.4 is 0 Å². The van der Waals surface area contributed by atoms with Crippen LogP contribution in [0.15, 0.2) is 0 Å². The summed E-state index contributed by atoms with van der Waals surface area (Å²) in [5.74, 6) is 9.67. The van der Waals surface area contributed by atoms with E-state index in [2.05, 4.69) is 25.7 Å². The molecule has 2 rings (SSSR count). The van der Waals surface area contributed by atoms with Crippen LogP contribution in [0.5, 0.6) is 0 Å². The molecule has 0 heterocycles. The molecule has 2 saturated carbocycles. The van der Waals surface area contributed by atoms with E-state index in [1.54, 1.807) is 0 Å². The predicted molar refractivity (Wildman–Crippen MR) is 109 cm³/mol. The molecule has 0 spiro atoms. The van der Waals surface area contributed by atoms with Gasteiger partial charge >= 0.3 is 0 Å². The second-order valence-electron chi connectivity index (χ2n) is 8.55. The molecule has 0 aliphatic heterocycles. The maximum Gasteiger partial charge on any atom is 0.0576 e. The van der Waals surface area contributed by atoms with Gasteiger partial charge in [-0.25, -0.2) is 0 Å². The maximum absolute atomic E-state index is 6.03. The highest BCUT2D eigenvalue weighted by Gasteiger charge is 2.22. The van der Waals surface area contributed by atoms with Gasteiger partial charge in [0.05, 0.1) is 6.10 Å². The van der Waals surface area contributed by atoms with Crippen molar-refractivity contribution < 1.29 is 4.74 Å². The van der Waals surface area contributed by atoms with Crippen molar-refractivity contribution >= 4 is 0 Å². The number of ether oxygens (including phenoxy) is 1. The monoisotopic (exact) mass is 346 g/mol. The Hall–Kier alpha value is -0.480. The first-order valence-electron chi connectivity index (χ1n) is 11.4. The van der Waals surface area contributed by atoms with Crippen LogP contribution in [0, 0.1) is 29.6 Å². The average Bonchev–Trinajstić information content (AvgIpc) is 2.66. The molecular formula is C24H42O. The molecule has 1 nitrogen and oxygen atoms in total. The van der Waals surface area contributed by atoms with Crippen LogP contribution in [0.2, 0.25) is 0 Å². The summed E-state index contributed by atoms with van der Waals surface area (Å²) in [6, 6.07) is 0. The summed E-state index contributed by atoms with van der Waals surface area (Å²) in [5, 5.41) is 0. The topological polar surface area (TPSA) is 9.23 Å². The van der Waals surface area contributed by atoms with Crippen molar-refractivity contribution in [3.8, 4) is 11.8 Å². The molecule has 0 bridgehead atoms. The van der Waals surface area contributed by atoms with Crippen LogP contribution in [0.4, 0.5) is 0 Å². The molecular weight excluding hydrogens is 304 g/mol. The number of hydrogen-bond acceptors (Lipinski definition) is 1. The lowest BCUT2D eigenvalue weighted by Gasteiger charge is -2.27. The van der Waals surface area contributed by atoms with Gasteiger partial charge in [-0.05, 0) is 63.7 Å². The quantitative estimate of drug-likeness (QED) is 0.318. The minimum atomic E-state index is 0.522. The van der Waals surface area contributed by atoms with E-state index in [1.807, 2.05) is 0 Å². The zero-order valence-corrected chi connectivity index (χ0v) is 17.0. The highest BCUT2D eigenvalue weighted by atomic mass is 16.5. The molecule has 2 fully saturated rings. The average molecular weight is 347 g/mol. The standard InChI is InChI=1S/C24H42O/c1-3-5-7-9-21-10-12-22(13-11-21)14-15-23-16-18-24(19-17-23)25-20-8-6-4-2/h21-24H,3-13,16-20H2,1-2H3. The summed E-state index contributed by atoms with van der Waals surface area (Å²) < 4.78 is 6.03. The van der Waals surface area contributed by atoms with Gasteiger partial charge in [-0.2, -0.15) is 0 Å². The van der Waals surface area contributed by atoms with Crippen molar-refractivity contribution in [1.29, 1.82) is 0 Å². The Labute approximate surface area is 157 Å². The van der Waals surface area contributed by atoms with E-state index in [0.29, 0.717) is 17.9 Å². The van der Waals surface area contributed by atoms with Gasteiger partial charge in [0.1, 0.15) is 0 Å². The van der Waals surface area contributed by atoms with Gasteiger partial charge in [0.2, 0.25) is 0 Å². The fraction of sp³-hybridized carbons (Fsp3) is 0.917. The Kier molecular flexibility index (Phi) is 10.7. The number of unbranched alkanes of at least 4 members (excludes halogenated alkanes) is 4. The predicted octanol–water partition coefficient (Wildman–Crippen LogP) is 7.14. The Balaban J connectivity index is 1.57. The molecule has 1 heteroatoms. The van der Waals surface area contributed by atoms with Crippen LogP contribution in [-0.4, -0.2) is 12.7 Å². The second-order valence-corrected chi connectivity index (χ2v) is 8.55. The molecule has 0 N–H and O–H groups in total. The smallest absolute Gasteiger partial charge is 0.0576 e. The van der Waals surface area contributed by atoms with E-state index in [9.17, 15) is 0 Å². The van der Waals surface area contributed by atoms with Crippen LogP contribution in [0.25, 0.3) is 0 Å². The first-order chi connectivity index (χ1) is 12.3. The molecule has 0 aromatic carbocycles. The van der Waals surface area contributed by atoms with Gasteiger partial charge < -0.3 is 4.74 Å². The highest BCUT2D eigenvalue weighted by molar-refractivity contribution is 5.09. The van der Waals surface area contributed by atoms with Gasteiger partial charge in [0.25, 0.3) is 0 Å². The van der Waals surface area contributed by atoms with Gasteiger partial charge in [0, 0.05) is 18.4 Å². The van der Waals surface area contributed by atoms with E-state index < -0.39 is 0 Å². The van der Waals surface area contributed by atoms with Gasteiger partial charge in [-0.15, -0.1) is 0 Å². The third kappa shape index (κ3) is 8.63. The highest BCUT2D eigenvalue weighted by Crippen LogP contribution is 2.32. The maximum atomic E-state index is 6.03. The molecule has 0 unspecified atom stereocenters. The van der Waals surface area contributed by atoms with Crippen LogP contribution in [0.1, 0.15) is 110 Å². The van der Waals surface area contributed by atoms with E-state index in [-0.39, 0.29) is 0 Å². The third-order valence-electron chi connectivity index (χ3n) is 6.33. The van der Waals surface area contributed by atoms with Crippen LogP contribution in [-0.2, 0) is 4.74 Å². The van der Waals surface area contributed by atoms with Crippen molar-refractivity contribution in [2.45, 2.75) is 116 Å². The van der Waals surface area contributed by atoms with E-state index in [1.165, 1.54) is 96.3 Å². The summed E-state index contributed by atoms with van der Waals surface area (Å²) in [7, 11) is 0. The van der Waals surface area contributed by atoms with Gasteiger partial charge in [-0.3, -0.25) is 0 Å². The summed E-state index contributed by atoms with van der Waals surface area (Å²) in [6.45, 7) is 5.53. The molecule has 25 heavy (non-hydrogen) atoms. The third-order valence-corrected chi connectivity index (χ3v) is 6.33. The molecule has 0 amide bonds. The summed E-state index contributed by atoms with van der Waals surface area (Å²) in [5.41, 5.74) is 0. The molecule has 0 radical (unpaired) electrons. The van der Waals surface area contributed by atoms with Crippen LogP contribution in [0.3, 0.4) is 0 Å². The molecule has 0 saturated heterocycles. The Morgan fingerprint density at radius 3 is 1.84 bits per heavy atom. The second kappa shape index (κ2) is 12.8. The SMILES string of the molecule is CCCCCOC1CCC(C#CC2CCC(CCCCC)CC2)CC1. The van der Waals surface area contributed by atoms with E-state index in [4.69, 9.17) is 4.74 Å². The molecule has 0 atom stereocenters. The minimum Gasteiger partial charge on any atom is -0.378 e. The van der Waals surface area contributed by atoms with Gasteiger partial charge in [-0.1, -0.05) is 64.2 Å². The molecule has 2 aliphatic carbocycles. The van der Waals surface area contributed by atoms with E-state index >= 15 is 0 Å². The number of rotatable bonds is 9. The molecule has 0 aromatic heterocycles.